The molecule has 2 rings (SSSR count). The fourth-order valence-corrected chi connectivity index (χ4v) is 2.25. The molecule has 0 spiro atoms. The van der Waals surface area contributed by atoms with E-state index in [4.69, 9.17) is 16.2 Å². The monoisotopic (exact) mass is 220 g/mol. The molecule has 0 aromatic heterocycles. The zero-order chi connectivity index (χ0) is 11.5. The molecule has 0 amide bonds. The molecule has 1 aliphatic heterocycles. The van der Waals surface area contributed by atoms with Crippen molar-refractivity contribution in [3.8, 4) is 5.75 Å². The Morgan fingerprint density at radius 3 is 2.94 bits per heavy atom. The summed E-state index contributed by atoms with van der Waals surface area (Å²) < 4.78 is 5.48. The first-order chi connectivity index (χ1) is 7.76. The van der Waals surface area contributed by atoms with Crippen molar-refractivity contribution < 1.29 is 4.74 Å². The van der Waals surface area contributed by atoms with E-state index in [9.17, 15) is 0 Å². The van der Waals surface area contributed by atoms with E-state index in [-0.39, 0.29) is 6.04 Å². The van der Waals surface area contributed by atoms with Gasteiger partial charge in [-0.2, -0.15) is 0 Å². The zero-order valence-electron chi connectivity index (χ0n) is 9.78. The van der Waals surface area contributed by atoms with Crippen molar-refractivity contribution in [3.63, 3.8) is 0 Å². The third-order valence-corrected chi connectivity index (χ3v) is 3.43. The van der Waals surface area contributed by atoms with Gasteiger partial charge in [0, 0.05) is 12.5 Å². The second kappa shape index (κ2) is 4.85. The van der Waals surface area contributed by atoms with Crippen LogP contribution in [0.4, 0.5) is 0 Å². The average Bonchev–Trinajstić information content (AvgIpc) is 2.77. The van der Waals surface area contributed by atoms with Gasteiger partial charge in [-0.3, -0.25) is 0 Å². The lowest BCUT2D eigenvalue weighted by atomic mass is 9.90. The van der Waals surface area contributed by atoms with Gasteiger partial charge >= 0.3 is 0 Å². The standard InChI is InChI=1S/C13H20N2O/c1-2-9(8-14)13(15)11-3-4-12-10(7-11)5-6-16-12/h3-4,7,9,13H,2,5-6,8,14-15H2,1H3. The van der Waals surface area contributed by atoms with Gasteiger partial charge in [-0.05, 0) is 29.7 Å². The summed E-state index contributed by atoms with van der Waals surface area (Å²) in [5.74, 6) is 1.37. The van der Waals surface area contributed by atoms with E-state index in [1.165, 1.54) is 11.1 Å². The molecule has 1 aromatic carbocycles. The molecule has 1 aromatic rings. The Hall–Kier alpha value is -1.06. The van der Waals surface area contributed by atoms with Gasteiger partial charge in [0.2, 0.25) is 0 Å². The summed E-state index contributed by atoms with van der Waals surface area (Å²) in [7, 11) is 0. The number of hydrogen-bond donors (Lipinski definition) is 2. The average molecular weight is 220 g/mol. The van der Waals surface area contributed by atoms with Crippen LogP contribution in [0.25, 0.3) is 0 Å². The van der Waals surface area contributed by atoms with Crippen LogP contribution >= 0.6 is 0 Å². The van der Waals surface area contributed by atoms with Crippen molar-refractivity contribution in [1.82, 2.24) is 0 Å². The highest BCUT2D eigenvalue weighted by atomic mass is 16.5. The van der Waals surface area contributed by atoms with Crippen molar-refractivity contribution >= 4 is 0 Å². The predicted molar refractivity (Wildman–Crippen MR) is 65.4 cm³/mol. The topological polar surface area (TPSA) is 61.3 Å². The Labute approximate surface area is 96.8 Å². The zero-order valence-corrected chi connectivity index (χ0v) is 9.78. The molecule has 0 saturated carbocycles. The Balaban J connectivity index is 2.20. The molecule has 3 nitrogen and oxygen atoms in total. The van der Waals surface area contributed by atoms with Crippen molar-refractivity contribution in [2.24, 2.45) is 17.4 Å². The molecule has 0 radical (unpaired) electrons. The first kappa shape index (κ1) is 11.4. The summed E-state index contributed by atoms with van der Waals surface area (Å²) in [5.41, 5.74) is 14.4. The number of benzene rings is 1. The van der Waals surface area contributed by atoms with Crippen molar-refractivity contribution in [2.75, 3.05) is 13.2 Å². The van der Waals surface area contributed by atoms with E-state index in [1.807, 2.05) is 6.07 Å². The first-order valence-electron chi connectivity index (χ1n) is 5.97. The number of hydrogen-bond acceptors (Lipinski definition) is 3. The van der Waals surface area contributed by atoms with E-state index in [1.54, 1.807) is 0 Å². The molecule has 0 saturated heterocycles. The van der Waals surface area contributed by atoms with Gasteiger partial charge in [-0.25, -0.2) is 0 Å². The van der Waals surface area contributed by atoms with Crippen LogP contribution in [-0.2, 0) is 6.42 Å². The van der Waals surface area contributed by atoms with Crippen molar-refractivity contribution in [2.45, 2.75) is 25.8 Å². The smallest absolute Gasteiger partial charge is 0.122 e. The predicted octanol–water partition coefficient (Wildman–Crippen LogP) is 1.61. The lowest BCUT2D eigenvalue weighted by Crippen LogP contribution is -2.27. The molecule has 3 heteroatoms. The van der Waals surface area contributed by atoms with Crippen LogP contribution in [-0.4, -0.2) is 13.2 Å². The minimum Gasteiger partial charge on any atom is -0.493 e. The Morgan fingerprint density at radius 2 is 2.25 bits per heavy atom. The summed E-state index contributed by atoms with van der Waals surface area (Å²) in [6.45, 7) is 3.57. The summed E-state index contributed by atoms with van der Waals surface area (Å²) in [6.07, 6.45) is 2.01. The highest BCUT2D eigenvalue weighted by Crippen LogP contribution is 2.30. The van der Waals surface area contributed by atoms with Crippen LogP contribution in [0, 0.1) is 5.92 Å². The maximum Gasteiger partial charge on any atom is 0.122 e. The van der Waals surface area contributed by atoms with E-state index < -0.39 is 0 Å². The summed E-state index contributed by atoms with van der Waals surface area (Å²) >= 11 is 0. The molecule has 1 heterocycles. The van der Waals surface area contributed by atoms with E-state index >= 15 is 0 Å². The third-order valence-electron chi connectivity index (χ3n) is 3.43. The molecule has 2 atom stereocenters. The number of rotatable bonds is 4. The van der Waals surface area contributed by atoms with Gasteiger partial charge in [0.1, 0.15) is 5.75 Å². The maximum absolute atomic E-state index is 6.23. The lowest BCUT2D eigenvalue weighted by molar-refractivity contribution is 0.356. The molecule has 16 heavy (non-hydrogen) atoms. The third kappa shape index (κ3) is 2.06. The molecular formula is C13H20N2O. The number of fused-ring (bicyclic) bond motifs is 1. The van der Waals surface area contributed by atoms with Crippen LogP contribution < -0.4 is 16.2 Å². The number of ether oxygens (including phenoxy) is 1. The minimum absolute atomic E-state index is 0.0425. The Morgan fingerprint density at radius 1 is 1.44 bits per heavy atom. The molecule has 1 aliphatic rings. The van der Waals surface area contributed by atoms with Gasteiger partial charge in [-0.1, -0.05) is 25.5 Å². The van der Waals surface area contributed by atoms with Crippen molar-refractivity contribution in [1.29, 1.82) is 0 Å². The van der Waals surface area contributed by atoms with Crippen LogP contribution in [0.3, 0.4) is 0 Å². The maximum atomic E-state index is 6.23. The fourth-order valence-electron chi connectivity index (χ4n) is 2.25. The quantitative estimate of drug-likeness (QED) is 0.810. The van der Waals surface area contributed by atoms with Crippen molar-refractivity contribution in [3.05, 3.63) is 29.3 Å². The van der Waals surface area contributed by atoms with Gasteiger partial charge in [-0.15, -0.1) is 0 Å². The van der Waals surface area contributed by atoms with Gasteiger partial charge in [0.15, 0.2) is 0 Å². The van der Waals surface area contributed by atoms with Gasteiger partial charge in [0.25, 0.3) is 0 Å². The van der Waals surface area contributed by atoms with E-state index in [0.29, 0.717) is 12.5 Å². The van der Waals surface area contributed by atoms with E-state index in [0.717, 1.165) is 25.2 Å². The minimum atomic E-state index is 0.0425. The Kier molecular flexibility index (Phi) is 3.46. The normalized spacial score (nSPS) is 17.7. The van der Waals surface area contributed by atoms with E-state index in [2.05, 4.69) is 19.1 Å². The second-order valence-corrected chi connectivity index (χ2v) is 4.40. The van der Waals surface area contributed by atoms with Crippen LogP contribution in [0.1, 0.15) is 30.5 Å². The molecule has 0 fully saturated rings. The SMILES string of the molecule is CCC(CN)C(N)c1ccc2c(c1)CCO2. The summed E-state index contributed by atoms with van der Waals surface area (Å²) in [6, 6.07) is 6.31. The van der Waals surface area contributed by atoms with Crippen LogP contribution in [0.5, 0.6) is 5.75 Å². The highest BCUT2D eigenvalue weighted by molar-refractivity contribution is 5.40. The molecule has 88 valence electrons. The number of nitrogens with two attached hydrogens (primary N) is 2. The second-order valence-electron chi connectivity index (χ2n) is 4.40. The highest BCUT2D eigenvalue weighted by Gasteiger charge is 2.19. The summed E-state index contributed by atoms with van der Waals surface area (Å²) in [4.78, 5) is 0. The lowest BCUT2D eigenvalue weighted by Gasteiger charge is -2.21. The first-order valence-corrected chi connectivity index (χ1v) is 5.97. The van der Waals surface area contributed by atoms with Crippen LogP contribution in [0.15, 0.2) is 18.2 Å². The van der Waals surface area contributed by atoms with Gasteiger partial charge in [0.05, 0.1) is 6.61 Å². The molecule has 2 unspecified atom stereocenters. The van der Waals surface area contributed by atoms with Gasteiger partial charge < -0.3 is 16.2 Å². The Bertz CT molecular complexity index is 361. The fraction of sp³-hybridized carbons (Fsp3) is 0.538. The molecule has 0 bridgehead atoms. The molecule has 4 N–H and O–H groups in total. The van der Waals surface area contributed by atoms with Crippen LogP contribution in [0.2, 0.25) is 0 Å². The molecule has 0 aliphatic carbocycles. The molecular weight excluding hydrogens is 200 g/mol. The largest absolute Gasteiger partial charge is 0.493 e. The summed E-state index contributed by atoms with van der Waals surface area (Å²) in [5, 5.41) is 0.